The summed E-state index contributed by atoms with van der Waals surface area (Å²) in [6.45, 7) is 1.84. The van der Waals surface area contributed by atoms with E-state index in [0.29, 0.717) is 16.3 Å². The van der Waals surface area contributed by atoms with Crippen LogP contribution in [0.15, 0.2) is 45.9 Å². The van der Waals surface area contributed by atoms with Crippen LogP contribution in [-0.4, -0.2) is 23.3 Å². The number of nitrogens with zero attached hydrogens (tertiary/aromatic N) is 2. The highest BCUT2D eigenvalue weighted by Crippen LogP contribution is 2.53. The fourth-order valence-corrected chi connectivity index (χ4v) is 5.22. The van der Waals surface area contributed by atoms with E-state index in [9.17, 15) is 14.9 Å². The first kappa shape index (κ1) is 20.2. The highest BCUT2D eigenvalue weighted by Gasteiger charge is 2.51. The van der Waals surface area contributed by atoms with Crippen molar-refractivity contribution < 1.29 is 9.59 Å². The van der Waals surface area contributed by atoms with Crippen molar-refractivity contribution in [2.45, 2.75) is 39.0 Å². The number of nitrogens with two attached hydrogens (primary N) is 1. The molecule has 0 saturated heterocycles. The number of amides is 2. The number of para-hydroxylation sites is 1. The van der Waals surface area contributed by atoms with Crippen LogP contribution in [0.4, 0.5) is 5.69 Å². The van der Waals surface area contributed by atoms with E-state index < -0.39 is 17.2 Å². The molecule has 1 heterocycles. The van der Waals surface area contributed by atoms with Crippen molar-refractivity contribution in [1.82, 2.24) is 0 Å². The summed E-state index contributed by atoms with van der Waals surface area (Å²) in [5, 5.41) is 13.5. The van der Waals surface area contributed by atoms with Crippen molar-refractivity contribution in [3.63, 3.8) is 0 Å². The number of nitriles is 1. The molecule has 3 rings (SSSR count). The van der Waals surface area contributed by atoms with Gasteiger partial charge in [-0.05, 0) is 31.9 Å². The number of hydrogen-bond acceptors (Lipinski definition) is 5. The number of allylic oxidation sites excluding steroid dienone is 1. The quantitative estimate of drug-likeness (QED) is 0.792. The SMILES string of the molecule is CC1=NC(SCC(N)=O)=C(C#N)C2(CCCCC2)C1C(=O)Nc1ccccc1. The Morgan fingerprint density at radius 1 is 1.29 bits per heavy atom. The molecule has 1 spiro atoms. The molecule has 146 valence electrons. The molecule has 1 atom stereocenters. The second-order valence-corrected chi connectivity index (χ2v) is 8.27. The van der Waals surface area contributed by atoms with Gasteiger partial charge in [0.1, 0.15) is 5.03 Å². The van der Waals surface area contributed by atoms with E-state index in [2.05, 4.69) is 16.4 Å². The first-order chi connectivity index (χ1) is 13.5. The van der Waals surface area contributed by atoms with Gasteiger partial charge in [0.15, 0.2) is 0 Å². The van der Waals surface area contributed by atoms with Gasteiger partial charge < -0.3 is 11.1 Å². The van der Waals surface area contributed by atoms with Gasteiger partial charge in [-0.15, -0.1) is 0 Å². The van der Waals surface area contributed by atoms with Crippen molar-refractivity contribution in [2.24, 2.45) is 22.1 Å². The third-order valence-corrected chi connectivity index (χ3v) is 6.47. The molecular formula is C21H24N4O2S. The van der Waals surface area contributed by atoms with E-state index in [-0.39, 0.29) is 11.7 Å². The minimum Gasteiger partial charge on any atom is -0.369 e. The maximum absolute atomic E-state index is 13.3. The molecule has 2 aliphatic rings. The Kier molecular flexibility index (Phi) is 6.20. The number of carbonyl (C=O) groups excluding carboxylic acids is 2. The third-order valence-electron chi connectivity index (χ3n) is 5.47. The van der Waals surface area contributed by atoms with Crippen LogP contribution in [0, 0.1) is 22.7 Å². The summed E-state index contributed by atoms with van der Waals surface area (Å²) in [7, 11) is 0. The Hall–Kier alpha value is -2.59. The van der Waals surface area contributed by atoms with Gasteiger partial charge in [0.2, 0.25) is 11.8 Å². The van der Waals surface area contributed by atoms with Crippen LogP contribution >= 0.6 is 11.8 Å². The second-order valence-electron chi connectivity index (χ2n) is 7.31. The molecule has 1 aliphatic carbocycles. The summed E-state index contributed by atoms with van der Waals surface area (Å²) >= 11 is 1.19. The molecule has 28 heavy (non-hydrogen) atoms. The van der Waals surface area contributed by atoms with Crippen molar-refractivity contribution >= 4 is 35.0 Å². The lowest BCUT2D eigenvalue weighted by Crippen LogP contribution is -2.47. The third kappa shape index (κ3) is 3.97. The zero-order chi connectivity index (χ0) is 20.1. The van der Waals surface area contributed by atoms with E-state index >= 15 is 0 Å². The lowest BCUT2D eigenvalue weighted by Gasteiger charge is -2.45. The lowest BCUT2D eigenvalue weighted by molar-refractivity contribution is -0.121. The van der Waals surface area contributed by atoms with Crippen LogP contribution in [0.25, 0.3) is 0 Å². The summed E-state index contributed by atoms with van der Waals surface area (Å²) in [4.78, 5) is 29.1. The van der Waals surface area contributed by atoms with Gasteiger partial charge in [-0.2, -0.15) is 5.26 Å². The van der Waals surface area contributed by atoms with Crippen LogP contribution in [0.5, 0.6) is 0 Å². The van der Waals surface area contributed by atoms with Crippen LogP contribution in [0.1, 0.15) is 39.0 Å². The molecule has 1 fully saturated rings. The molecule has 3 N–H and O–H groups in total. The van der Waals surface area contributed by atoms with Crippen LogP contribution < -0.4 is 11.1 Å². The van der Waals surface area contributed by atoms with Gasteiger partial charge in [0.25, 0.3) is 0 Å². The molecule has 1 saturated carbocycles. The smallest absolute Gasteiger partial charge is 0.234 e. The average Bonchev–Trinajstić information content (AvgIpc) is 2.67. The van der Waals surface area contributed by atoms with E-state index in [0.717, 1.165) is 37.8 Å². The maximum Gasteiger partial charge on any atom is 0.234 e. The molecule has 1 aromatic rings. The maximum atomic E-state index is 13.3. The van der Waals surface area contributed by atoms with E-state index in [1.807, 2.05) is 37.3 Å². The van der Waals surface area contributed by atoms with Crippen molar-refractivity contribution in [3.05, 3.63) is 40.9 Å². The first-order valence-electron chi connectivity index (χ1n) is 9.45. The number of aliphatic imine (C=N–C) groups is 1. The predicted octanol–water partition coefficient (Wildman–Crippen LogP) is 3.62. The molecule has 0 aromatic heterocycles. The number of nitrogens with one attached hydrogen (secondary N) is 1. The number of primary amides is 1. The fraction of sp³-hybridized carbons (Fsp3) is 0.429. The average molecular weight is 397 g/mol. The van der Waals surface area contributed by atoms with Crippen LogP contribution in [-0.2, 0) is 9.59 Å². The summed E-state index contributed by atoms with van der Waals surface area (Å²) < 4.78 is 0. The Labute approximate surface area is 169 Å². The van der Waals surface area contributed by atoms with Crippen molar-refractivity contribution in [2.75, 3.05) is 11.1 Å². The number of rotatable bonds is 5. The molecule has 6 nitrogen and oxygen atoms in total. The second kappa shape index (κ2) is 8.61. The highest BCUT2D eigenvalue weighted by atomic mass is 32.2. The first-order valence-corrected chi connectivity index (χ1v) is 10.4. The Balaban J connectivity index is 2.00. The van der Waals surface area contributed by atoms with E-state index in [1.54, 1.807) is 0 Å². The Morgan fingerprint density at radius 2 is 1.96 bits per heavy atom. The number of anilines is 1. The summed E-state index contributed by atoms with van der Waals surface area (Å²) in [5.41, 5.74) is 6.64. The largest absolute Gasteiger partial charge is 0.369 e. The molecular weight excluding hydrogens is 372 g/mol. The normalized spacial score (nSPS) is 21.0. The van der Waals surface area contributed by atoms with Gasteiger partial charge in [0, 0.05) is 16.8 Å². The van der Waals surface area contributed by atoms with Gasteiger partial charge in [-0.25, -0.2) is 4.99 Å². The van der Waals surface area contributed by atoms with E-state index in [4.69, 9.17) is 5.73 Å². The molecule has 0 bridgehead atoms. The summed E-state index contributed by atoms with van der Waals surface area (Å²) in [5.74, 6) is -1.03. The minimum atomic E-state index is -0.572. The van der Waals surface area contributed by atoms with E-state index in [1.165, 1.54) is 11.8 Å². The number of thioether (sulfide) groups is 1. The van der Waals surface area contributed by atoms with Gasteiger partial charge >= 0.3 is 0 Å². The van der Waals surface area contributed by atoms with Gasteiger partial charge in [-0.1, -0.05) is 49.2 Å². The summed E-state index contributed by atoms with van der Waals surface area (Å²) in [6.07, 6.45) is 4.53. The molecule has 1 aliphatic heterocycles. The van der Waals surface area contributed by atoms with Gasteiger partial charge in [0.05, 0.1) is 23.3 Å². The van der Waals surface area contributed by atoms with Crippen LogP contribution in [0.3, 0.4) is 0 Å². The standard InChI is InChI=1S/C21H24N4O2S/c1-14-18(19(27)25-15-8-4-2-5-9-15)21(10-6-3-7-11-21)16(12-22)20(24-14)28-13-17(23)26/h2,4-5,8-9,18H,3,6-7,10-11,13H2,1H3,(H2,23,26)(H,25,27). The topological polar surface area (TPSA) is 108 Å². The number of benzene rings is 1. The lowest BCUT2D eigenvalue weighted by atomic mass is 9.59. The molecule has 0 radical (unpaired) electrons. The summed E-state index contributed by atoms with van der Waals surface area (Å²) in [6, 6.07) is 11.6. The molecule has 2 amide bonds. The fourth-order valence-electron chi connectivity index (χ4n) is 4.34. The zero-order valence-electron chi connectivity index (χ0n) is 15.9. The monoisotopic (exact) mass is 396 g/mol. The molecule has 7 heteroatoms. The van der Waals surface area contributed by atoms with Crippen molar-refractivity contribution in [1.29, 1.82) is 5.26 Å². The number of carbonyl (C=O) groups is 2. The minimum absolute atomic E-state index is 0.0637. The number of hydrogen-bond donors (Lipinski definition) is 2. The Morgan fingerprint density at radius 3 is 2.57 bits per heavy atom. The Bertz CT molecular complexity index is 864. The highest BCUT2D eigenvalue weighted by molar-refractivity contribution is 8.03. The predicted molar refractivity (Wildman–Crippen MR) is 111 cm³/mol. The molecule has 1 aromatic carbocycles. The van der Waals surface area contributed by atoms with Crippen molar-refractivity contribution in [3.8, 4) is 6.07 Å². The zero-order valence-corrected chi connectivity index (χ0v) is 16.7. The van der Waals surface area contributed by atoms with Gasteiger partial charge in [-0.3, -0.25) is 9.59 Å². The van der Waals surface area contributed by atoms with Crippen LogP contribution in [0.2, 0.25) is 0 Å². The molecule has 1 unspecified atom stereocenters.